The van der Waals surface area contributed by atoms with E-state index in [1.165, 1.54) is 32.1 Å². The van der Waals surface area contributed by atoms with E-state index in [0.717, 1.165) is 12.5 Å². The topological polar surface area (TPSA) is 64.4 Å². The van der Waals surface area contributed by atoms with Crippen molar-refractivity contribution in [2.75, 3.05) is 6.54 Å². The van der Waals surface area contributed by atoms with Gasteiger partial charge in [-0.15, -0.1) is 0 Å². The molecule has 0 spiro atoms. The van der Waals surface area contributed by atoms with Crippen LogP contribution in [-0.2, 0) is 0 Å². The Hall–Kier alpha value is -0.730. The van der Waals surface area contributed by atoms with E-state index in [2.05, 4.69) is 25.8 Å². The highest BCUT2D eigenvalue weighted by Gasteiger charge is 2.24. The Morgan fingerprint density at radius 1 is 1.06 bits per heavy atom. The second kappa shape index (κ2) is 5.55. The molecule has 0 aliphatic heterocycles. The Balaban J connectivity index is 2.26. The van der Waals surface area contributed by atoms with Crippen molar-refractivity contribution in [3.05, 3.63) is 0 Å². The van der Waals surface area contributed by atoms with E-state index < -0.39 is 0 Å². The van der Waals surface area contributed by atoms with Crippen molar-refractivity contribution in [1.82, 2.24) is 0 Å². The van der Waals surface area contributed by atoms with Gasteiger partial charge >= 0.3 is 0 Å². The van der Waals surface area contributed by atoms with Crippen molar-refractivity contribution in [2.24, 2.45) is 33.7 Å². The van der Waals surface area contributed by atoms with Crippen molar-refractivity contribution in [3.63, 3.8) is 0 Å². The third-order valence-corrected chi connectivity index (χ3v) is 3.40. The van der Waals surface area contributed by atoms with E-state index in [-0.39, 0.29) is 5.96 Å². The fourth-order valence-corrected chi connectivity index (χ4v) is 2.72. The lowest BCUT2D eigenvalue weighted by atomic mass is 9.74. The molecule has 1 saturated carbocycles. The van der Waals surface area contributed by atoms with Crippen LogP contribution < -0.4 is 11.5 Å². The van der Waals surface area contributed by atoms with Gasteiger partial charge < -0.3 is 11.5 Å². The van der Waals surface area contributed by atoms with Crippen LogP contribution in [0.5, 0.6) is 0 Å². The summed E-state index contributed by atoms with van der Waals surface area (Å²) in [6.07, 6.45) is 6.63. The van der Waals surface area contributed by atoms with Gasteiger partial charge in [-0.3, -0.25) is 4.99 Å². The summed E-state index contributed by atoms with van der Waals surface area (Å²) < 4.78 is 0. The largest absolute Gasteiger partial charge is 0.370 e. The summed E-state index contributed by atoms with van der Waals surface area (Å²) >= 11 is 0. The normalized spacial score (nSPS) is 26.4. The van der Waals surface area contributed by atoms with Gasteiger partial charge in [0.05, 0.1) is 0 Å². The fourth-order valence-electron chi connectivity index (χ4n) is 2.72. The molecule has 3 heteroatoms. The number of hydrogen-bond donors (Lipinski definition) is 2. The molecule has 16 heavy (non-hydrogen) atoms. The molecule has 1 aliphatic rings. The molecule has 1 aliphatic carbocycles. The molecule has 0 aromatic rings. The number of rotatable bonds is 3. The Labute approximate surface area is 99.7 Å². The standard InChI is InChI=1S/C13H27N3/c1-13(2,3)8-10-4-6-11(7-5-10)9-16-12(14)15/h10-11H,4-9H2,1-3H3,(H4,14,15,16). The smallest absolute Gasteiger partial charge is 0.185 e. The monoisotopic (exact) mass is 225 g/mol. The summed E-state index contributed by atoms with van der Waals surface area (Å²) in [7, 11) is 0. The molecule has 0 saturated heterocycles. The summed E-state index contributed by atoms with van der Waals surface area (Å²) in [5.41, 5.74) is 11.2. The van der Waals surface area contributed by atoms with Crippen molar-refractivity contribution in [3.8, 4) is 0 Å². The van der Waals surface area contributed by atoms with E-state index in [9.17, 15) is 0 Å². The minimum absolute atomic E-state index is 0.233. The van der Waals surface area contributed by atoms with Crippen LogP contribution in [0, 0.1) is 17.3 Å². The molecule has 0 unspecified atom stereocenters. The molecule has 0 aromatic heterocycles. The first-order valence-corrected chi connectivity index (χ1v) is 6.42. The summed E-state index contributed by atoms with van der Waals surface area (Å²) in [4.78, 5) is 4.12. The summed E-state index contributed by atoms with van der Waals surface area (Å²) in [6, 6.07) is 0. The van der Waals surface area contributed by atoms with Crippen LogP contribution in [0.4, 0.5) is 0 Å². The molecule has 0 heterocycles. The number of nitrogens with two attached hydrogens (primary N) is 2. The Morgan fingerprint density at radius 3 is 2.00 bits per heavy atom. The van der Waals surface area contributed by atoms with Gasteiger partial charge in [0, 0.05) is 6.54 Å². The van der Waals surface area contributed by atoms with E-state index in [4.69, 9.17) is 11.5 Å². The van der Waals surface area contributed by atoms with Crippen molar-refractivity contribution < 1.29 is 0 Å². The average molecular weight is 225 g/mol. The molecule has 0 bridgehead atoms. The zero-order valence-electron chi connectivity index (χ0n) is 11.0. The zero-order valence-corrected chi connectivity index (χ0v) is 11.0. The first kappa shape index (κ1) is 13.3. The molecule has 0 atom stereocenters. The zero-order chi connectivity index (χ0) is 12.2. The molecule has 0 amide bonds. The van der Waals surface area contributed by atoms with Gasteiger partial charge in [-0.05, 0) is 36.5 Å². The molecule has 0 aromatic carbocycles. The van der Waals surface area contributed by atoms with Gasteiger partial charge in [-0.1, -0.05) is 33.6 Å². The quantitative estimate of drug-likeness (QED) is 0.572. The highest BCUT2D eigenvalue weighted by atomic mass is 15.0. The van der Waals surface area contributed by atoms with Gasteiger partial charge in [0.2, 0.25) is 0 Å². The van der Waals surface area contributed by atoms with E-state index >= 15 is 0 Å². The summed E-state index contributed by atoms with van der Waals surface area (Å²) in [5, 5.41) is 0. The van der Waals surface area contributed by atoms with Gasteiger partial charge in [-0.25, -0.2) is 0 Å². The van der Waals surface area contributed by atoms with E-state index in [0.29, 0.717) is 11.3 Å². The number of guanidine groups is 1. The van der Waals surface area contributed by atoms with Crippen LogP contribution in [0.3, 0.4) is 0 Å². The molecule has 0 radical (unpaired) electrons. The van der Waals surface area contributed by atoms with E-state index in [1.54, 1.807) is 0 Å². The first-order valence-electron chi connectivity index (χ1n) is 6.42. The third-order valence-electron chi connectivity index (χ3n) is 3.40. The average Bonchev–Trinajstić information content (AvgIpc) is 2.14. The molecular weight excluding hydrogens is 198 g/mol. The second-order valence-corrected chi connectivity index (χ2v) is 6.42. The van der Waals surface area contributed by atoms with Crippen molar-refractivity contribution in [1.29, 1.82) is 0 Å². The van der Waals surface area contributed by atoms with Gasteiger partial charge in [0.15, 0.2) is 5.96 Å². The molecule has 4 N–H and O–H groups in total. The van der Waals surface area contributed by atoms with Gasteiger partial charge in [0.25, 0.3) is 0 Å². The summed E-state index contributed by atoms with van der Waals surface area (Å²) in [6.45, 7) is 7.82. The lowest BCUT2D eigenvalue weighted by molar-refractivity contribution is 0.207. The predicted molar refractivity (Wildman–Crippen MR) is 70.2 cm³/mol. The molecule has 94 valence electrons. The second-order valence-electron chi connectivity index (χ2n) is 6.42. The number of hydrogen-bond acceptors (Lipinski definition) is 1. The minimum Gasteiger partial charge on any atom is -0.370 e. The van der Waals surface area contributed by atoms with Crippen LogP contribution in [0.15, 0.2) is 4.99 Å². The van der Waals surface area contributed by atoms with Crippen molar-refractivity contribution >= 4 is 5.96 Å². The highest BCUT2D eigenvalue weighted by molar-refractivity contribution is 5.75. The highest BCUT2D eigenvalue weighted by Crippen LogP contribution is 2.36. The van der Waals surface area contributed by atoms with Crippen LogP contribution in [0.1, 0.15) is 52.9 Å². The van der Waals surface area contributed by atoms with Crippen LogP contribution >= 0.6 is 0 Å². The lowest BCUT2D eigenvalue weighted by Gasteiger charge is -2.32. The molecule has 1 rings (SSSR count). The number of nitrogens with zero attached hydrogens (tertiary/aromatic N) is 1. The Kier molecular flexibility index (Phi) is 4.63. The fraction of sp³-hybridized carbons (Fsp3) is 0.923. The van der Waals surface area contributed by atoms with Crippen molar-refractivity contribution in [2.45, 2.75) is 52.9 Å². The Bertz CT molecular complexity index is 228. The maximum absolute atomic E-state index is 5.35. The minimum atomic E-state index is 0.233. The maximum atomic E-state index is 5.35. The molecule has 3 nitrogen and oxygen atoms in total. The summed E-state index contributed by atoms with van der Waals surface area (Å²) in [5.74, 6) is 1.85. The first-order chi connectivity index (χ1) is 7.37. The Morgan fingerprint density at radius 2 is 1.56 bits per heavy atom. The molecular formula is C13H27N3. The SMILES string of the molecule is CC(C)(C)CC1CCC(CN=C(N)N)CC1. The van der Waals surface area contributed by atoms with Crippen LogP contribution in [0.25, 0.3) is 0 Å². The predicted octanol–water partition coefficient (Wildman–Crippen LogP) is 2.50. The third kappa shape index (κ3) is 5.38. The lowest BCUT2D eigenvalue weighted by Crippen LogP contribution is -2.25. The maximum Gasteiger partial charge on any atom is 0.185 e. The van der Waals surface area contributed by atoms with E-state index in [1.807, 2.05) is 0 Å². The van der Waals surface area contributed by atoms with Gasteiger partial charge in [-0.2, -0.15) is 0 Å². The van der Waals surface area contributed by atoms with Crippen LogP contribution in [0.2, 0.25) is 0 Å². The van der Waals surface area contributed by atoms with Crippen LogP contribution in [-0.4, -0.2) is 12.5 Å². The number of aliphatic imine (C=N–C) groups is 1. The van der Waals surface area contributed by atoms with Gasteiger partial charge in [0.1, 0.15) is 0 Å². The molecule has 1 fully saturated rings.